The molecule has 1 heterocycles. The molecule has 1 aromatic heterocycles. The Bertz CT molecular complexity index is 472. The lowest BCUT2D eigenvalue weighted by molar-refractivity contribution is 0.216. The second kappa shape index (κ2) is 5.84. The molecule has 0 amide bonds. The molecule has 2 rings (SSSR count). The van der Waals surface area contributed by atoms with Crippen LogP contribution in [-0.4, -0.2) is 30.5 Å². The Hall–Kier alpha value is -1.33. The van der Waals surface area contributed by atoms with Crippen molar-refractivity contribution in [1.82, 2.24) is 10.2 Å². The zero-order valence-corrected chi connectivity index (χ0v) is 10.3. The molecule has 2 aromatic rings. The van der Waals surface area contributed by atoms with E-state index in [4.69, 9.17) is 9.31 Å². The van der Waals surface area contributed by atoms with Gasteiger partial charge in [-0.25, -0.2) is 0 Å². The van der Waals surface area contributed by atoms with E-state index in [9.17, 15) is 0 Å². The molecule has 17 heavy (non-hydrogen) atoms. The molecule has 0 fully saturated rings. The highest BCUT2D eigenvalue weighted by molar-refractivity contribution is 6.61. The van der Waals surface area contributed by atoms with E-state index >= 15 is 0 Å². The van der Waals surface area contributed by atoms with Crippen molar-refractivity contribution in [3.63, 3.8) is 0 Å². The van der Waals surface area contributed by atoms with Gasteiger partial charge in [0.05, 0.1) is 11.7 Å². The summed E-state index contributed by atoms with van der Waals surface area (Å²) in [6.07, 6.45) is 2.79. The first-order valence-electron chi connectivity index (χ1n) is 6.01. The molecule has 4 nitrogen and oxygen atoms in total. The highest BCUT2D eigenvalue weighted by Crippen LogP contribution is 2.08. The number of H-pyrrole nitrogens is 1. The summed E-state index contributed by atoms with van der Waals surface area (Å²) in [7, 11) is -0.285. The number of aromatic nitrogens is 2. The van der Waals surface area contributed by atoms with E-state index in [1.807, 2.05) is 31.3 Å². The maximum absolute atomic E-state index is 5.69. The van der Waals surface area contributed by atoms with Crippen LogP contribution in [0.4, 0.5) is 0 Å². The molecule has 0 bridgehead atoms. The largest absolute Gasteiger partial charge is 0.493 e. The molecule has 0 saturated carbocycles. The molecular weight excluding hydrogens is 215 g/mol. The van der Waals surface area contributed by atoms with Crippen LogP contribution in [0.15, 0.2) is 24.4 Å². The topological polar surface area (TPSA) is 47.1 Å². The minimum absolute atomic E-state index is 0.285. The molecule has 0 aliphatic carbocycles. The number of fused-ring (bicyclic) bond motifs is 1. The summed E-state index contributed by atoms with van der Waals surface area (Å²) in [6, 6.07) is 6.07. The van der Waals surface area contributed by atoms with Gasteiger partial charge in [0.25, 0.3) is 0 Å². The summed E-state index contributed by atoms with van der Waals surface area (Å²) in [5.74, 6) is 0. The van der Waals surface area contributed by atoms with E-state index in [0.29, 0.717) is 13.2 Å². The van der Waals surface area contributed by atoms with Crippen molar-refractivity contribution in [3.05, 3.63) is 24.4 Å². The third-order valence-electron chi connectivity index (χ3n) is 2.53. The number of aromatic amines is 1. The summed E-state index contributed by atoms with van der Waals surface area (Å²) < 4.78 is 11.3. The zero-order valence-electron chi connectivity index (χ0n) is 10.3. The molecule has 0 saturated heterocycles. The van der Waals surface area contributed by atoms with Gasteiger partial charge in [-0.05, 0) is 24.9 Å². The van der Waals surface area contributed by atoms with Crippen LogP contribution in [0.2, 0.25) is 0 Å². The Labute approximate surface area is 101 Å². The van der Waals surface area contributed by atoms with Gasteiger partial charge in [-0.2, -0.15) is 5.10 Å². The molecular formula is C12H17BN2O2. The highest BCUT2D eigenvalue weighted by Gasteiger charge is 2.20. The molecule has 1 aromatic carbocycles. The fraction of sp³-hybridized carbons (Fsp3) is 0.417. The predicted octanol–water partition coefficient (Wildman–Crippen LogP) is 1.72. The lowest BCUT2D eigenvalue weighted by Crippen LogP contribution is -2.37. The van der Waals surface area contributed by atoms with E-state index in [1.54, 1.807) is 0 Å². The van der Waals surface area contributed by atoms with E-state index in [-0.39, 0.29) is 7.12 Å². The number of nitrogens with zero attached hydrogens (tertiary/aromatic N) is 1. The average molecular weight is 232 g/mol. The van der Waals surface area contributed by atoms with Crippen LogP contribution in [0.25, 0.3) is 10.9 Å². The van der Waals surface area contributed by atoms with E-state index < -0.39 is 0 Å². The van der Waals surface area contributed by atoms with Gasteiger partial charge in [-0.3, -0.25) is 5.10 Å². The van der Waals surface area contributed by atoms with Crippen molar-refractivity contribution in [2.45, 2.75) is 20.3 Å². The van der Waals surface area contributed by atoms with Crippen LogP contribution < -0.4 is 5.46 Å². The van der Waals surface area contributed by atoms with Gasteiger partial charge in [-0.1, -0.05) is 19.1 Å². The SMILES string of the molecule is CCCOB(OCC)c1ccc2cn[nH]c2c1. The molecule has 0 unspecified atom stereocenters. The fourth-order valence-corrected chi connectivity index (χ4v) is 1.72. The fourth-order valence-electron chi connectivity index (χ4n) is 1.72. The minimum Gasteiger partial charge on any atom is -0.408 e. The average Bonchev–Trinajstić information content (AvgIpc) is 2.81. The number of rotatable bonds is 6. The summed E-state index contributed by atoms with van der Waals surface area (Å²) in [5, 5.41) is 8.05. The first kappa shape index (κ1) is 12.1. The third kappa shape index (κ3) is 2.87. The van der Waals surface area contributed by atoms with Gasteiger partial charge in [-0.15, -0.1) is 0 Å². The monoisotopic (exact) mass is 232 g/mol. The van der Waals surface area contributed by atoms with E-state index in [0.717, 1.165) is 22.8 Å². The van der Waals surface area contributed by atoms with Crippen LogP contribution >= 0.6 is 0 Å². The summed E-state index contributed by atoms with van der Waals surface area (Å²) >= 11 is 0. The van der Waals surface area contributed by atoms with E-state index in [2.05, 4.69) is 17.1 Å². The maximum atomic E-state index is 5.69. The molecule has 0 atom stereocenters. The standard InChI is InChI=1S/C12H17BN2O2/c1-3-7-17-13(16-4-2)11-6-5-10-9-14-15-12(10)8-11/h5-6,8-9H,3-4,7H2,1-2H3,(H,14,15). The van der Waals surface area contributed by atoms with Crippen LogP contribution in [0.5, 0.6) is 0 Å². The van der Waals surface area contributed by atoms with Gasteiger partial charge in [0.15, 0.2) is 0 Å². The second-order valence-corrected chi connectivity index (χ2v) is 3.87. The Morgan fingerprint density at radius 1 is 1.29 bits per heavy atom. The van der Waals surface area contributed by atoms with Crippen LogP contribution in [0.1, 0.15) is 20.3 Å². The molecule has 1 N–H and O–H groups in total. The Balaban J connectivity index is 2.20. The van der Waals surface area contributed by atoms with E-state index in [1.165, 1.54) is 0 Å². The van der Waals surface area contributed by atoms with Crippen LogP contribution in [0.3, 0.4) is 0 Å². The Kier molecular flexibility index (Phi) is 4.17. The van der Waals surface area contributed by atoms with Gasteiger partial charge >= 0.3 is 7.12 Å². The van der Waals surface area contributed by atoms with Crippen LogP contribution in [0, 0.1) is 0 Å². The zero-order chi connectivity index (χ0) is 12.1. The smallest absolute Gasteiger partial charge is 0.408 e. The third-order valence-corrected chi connectivity index (χ3v) is 2.53. The van der Waals surface area contributed by atoms with Gasteiger partial charge in [0, 0.05) is 18.6 Å². The number of hydrogen-bond acceptors (Lipinski definition) is 3. The number of hydrogen-bond donors (Lipinski definition) is 1. The first-order chi connectivity index (χ1) is 8.35. The minimum atomic E-state index is -0.285. The molecule has 0 aliphatic rings. The van der Waals surface area contributed by atoms with Crippen LogP contribution in [-0.2, 0) is 9.31 Å². The summed E-state index contributed by atoms with van der Waals surface area (Å²) in [4.78, 5) is 0. The van der Waals surface area contributed by atoms with Gasteiger partial charge < -0.3 is 9.31 Å². The van der Waals surface area contributed by atoms with Gasteiger partial charge in [0.2, 0.25) is 0 Å². The predicted molar refractivity (Wildman–Crippen MR) is 69.4 cm³/mol. The molecule has 5 heteroatoms. The molecule has 0 aliphatic heterocycles. The summed E-state index contributed by atoms with van der Waals surface area (Å²) in [5.41, 5.74) is 2.03. The lowest BCUT2D eigenvalue weighted by Gasteiger charge is -2.13. The molecule has 0 radical (unpaired) electrons. The van der Waals surface area contributed by atoms with Crippen molar-refractivity contribution >= 4 is 23.5 Å². The Morgan fingerprint density at radius 3 is 2.94 bits per heavy atom. The second-order valence-electron chi connectivity index (χ2n) is 3.87. The number of benzene rings is 1. The molecule has 0 spiro atoms. The van der Waals surface area contributed by atoms with Gasteiger partial charge in [0.1, 0.15) is 0 Å². The normalized spacial score (nSPS) is 10.9. The Morgan fingerprint density at radius 2 is 2.18 bits per heavy atom. The maximum Gasteiger partial charge on any atom is 0.493 e. The molecule has 90 valence electrons. The van der Waals surface area contributed by atoms with Crippen molar-refractivity contribution in [2.75, 3.05) is 13.2 Å². The highest BCUT2D eigenvalue weighted by atomic mass is 16.6. The first-order valence-corrected chi connectivity index (χ1v) is 6.01. The van der Waals surface area contributed by atoms with Crippen molar-refractivity contribution in [1.29, 1.82) is 0 Å². The van der Waals surface area contributed by atoms with Crippen molar-refractivity contribution < 1.29 is 9.31 Å². The van der Waals surface area contributed by atoms with Crippen molar-refractivity contribution in [2.24, 2.45) is 0 Å². The summed E-state index contributed by atoms with van der Waals surface area (Å²) in [6.45, 7) is 5.39. The lowest BCUT2D eigenvalue weighted by atomic mass is 9.78. The van der Waals surface area contributed by atoms with Crippen molar-refractivity contribution in [3.8, 4) is 0 Å². The quantitative estimate of drug-likeness (QED) is 0.771. The number of nitrogens with one attached hydrogen (secondary N) is 1.